The Morgan fingerprint density at radius 1 is 1.54 bits per heavy atom. The summed E-state index contributed by atoms with van der Waals surface area (Å²) in [7, 11) is 0. The average molecular weight is 196 g/mol. The van der Waals surface area contributed by atoms with Crippen LogP contribution in [0.4, 0.5) is 5.69 Å². The molecule has 0 fully saturated rings. The van der Waals surface area contributed by atoms with Crippen LogP contribution in [0.25, 0.3) is 0 Å². The zero-order valence-corrected chi connectivity index (χ0v) is 8.73. The Bertz CT molecular complexity index is 301. The molecule has 0 unspecified atom stereocenters. The maximum atomic E-state index is 5.70. The monoisotopic (exact) mass is 195 g/mol. The van der Waals surface area contributed by atoms with Crippen LogP contribution in [0.1, 0.15) is 12.5 Å². The van der Waals surface area contributed by atoms with E-state index < -0.39 is 0 Å². The number of aryl methyl sites for hydroxylation is 1. The fraction of sp³-hybridized carbons (Fsp3) is 0.273. The van der Waals surface area contributed by atoms with Crippen molar-refractivity contribution in [3.8, 4) is 0 Å². The summed E-state index contributed by atoms with van der Waals surface area (Å²) < 4.78 is 0. The van der Waals surface area contributed by atoms with Crippen LogP contribution in [0.15, 0.2) is 35.4 Å². The minimum absolute atomic E-state index is 0.777. The van der Waals surface area contributed by atoms with E-state index in [1.165, 1.54) is 5.56 Å². The van der Waals surface area contributed by atoms with Gasteiger partial charge in [-0.15, -0.1) is 0 Å². The summed E-state index contributed by atoms with van der Waals surface area (Å²) in [6.07, 6.45) is 1.95. The first-order valence-corrected chi connectivity index (χ1v) is 4.69. The highest BCUT2D eigenvalue weighted by Gasteiger charge is 1.89. The molecule has 0 heterocycles. The van der Waals surface area contributed by atoms with Crippen molar-refractivity contribution in [3.63, 3.8) is 0 Å². The third-order valence-corrected chi connectivity index (χ3v) is 1.86. The van der Waals surface area contributed by atoms with Gasteiger partial charge in [0.25, 0.3) is 0 Å². The van der Waals surface area contributed by atoms with Gasteiger partial charge in [-0.25, -0.2) is 0 Å². The maximum absolute atomic E-state index is 5.70. The summed E-state index contributed by atoms with van der Waals surface area (Å²) in [6, 6.07) is 8.27. The lowest BCUT2D eigenvalue weighted by molar-refractivity contribution is 1.31. The first-order valence-electron chi connectivity index (χ1n) is 4.31. The molecule has 0 atom stereocenters. The van der Waals surface area contributed by atoms with Crippen LogP contribution >= 0.6 is 11.6 Å². The molecule has 13 heavy (non-hydrogen) atoms. The van der Waals surface area contributed by atoms with E-state index in [9.17, 15) is 0 Å². The van der Waals surface area contributed by atoms with Crippen LogP contribution in [0.3, 0.4) is 0 Å². The fourth-order valence-corrected chi connectivity index (χ4v) is 1.14. The van der Waals surface area contributed by atoms with Gasteiger partial charge in [-0.05, 0) is 31.5 Å². The van der Waals surface area contributed by atoms with Gasteiger partial charge in [0.1, 0.15) is 0 Å². The molecule has 0 saturated carbocycles. The van der Waals surface area contributed by atoms with E-state index in [2.05, 4.69) is 24.4 Å². The minimum atomic E-state index is 0.777. The third-order valence-electron chi connectivity index (χ3n) is 1.71. The lowest BCUT2D eigenvalue weighted by Crippen LogP contribution is -1.98. The standard InChI is InChI=1S/C11H14ClN/c1-9-4-3-5-11(8-9)13-7-6-10(2)12/h3-6,8,13H,7H2,1-2H3/b10-6-. The van der Waals surface area contributed by atoms with Crippen LogP contribution in [0.2, 0.25) is 0 Å². The number of anilines is 1. The Balaban J connectivity index is 2.50. The molecule has 1 nitrogen and oxygen atoms in total. The summed E-state index contributed by atoms with van der Waals surface area (Å²) in [5.41, 5.74) is 2.39. The second-order valence-electron chi connectivity index (χ2n) is 3.04. The molecule has 0 amide bonds. The summed E-state index contributed by atoms with van der Waals surface area (Å²) in [5.74, 6) is 0. The third kappa shape index (κ3) is 4.00. The molecule has 0 radical (unpaired) electrons. The quantitative estimate of drug-likeness (QED) is 0.778. The molecule has 70 valence electrons. The van der Waals surface area contributed by atoms with E-state index in [-0.39, 0.29) is 0 Å². The zero-order chi connectivity index (χ0) is 9.68. The molecular formula is C11H14ClN. The smallest absolute Gasteiger partial charge is 0.0345 e. The molecule has 0 aromatic heterocycles. The highest BCUT2D eigenvalue weighted by atomic mass is 35.5. The number of hydrogen-bond acceptors (Lipinski definition) is 1. The largest absolute Gasteiger partial charge is 0.382 e. The molecule has 1 aromatic rings. The van der Waals surface area contributed by atoms with Crippen LogP contribution < -0.4 is 5.32 Å². The van der Waals surface area contributed by atoms with Gasteiger partial charge in [0, 0.05) is 17.3 Å². The van der Waals surface area contributed by atoms with Crippen molar-refractivity contribution in [2.75, 3.05) is 11.9 Å². The van der Waals surface area contributed by atoms with E-state index in [1.54, 1.807) is 0 Å². The second kappa shape index (κ2) is 4.93. The lowest BCUT2D eigenvalue weighted by atomic mass is 10.2. The number of allylic oxidation sites excluding steroid dienone is 1. The number of rotatable bonds is 3. The topological polar surface area (TPSA) is 12.0 Å². The zero-order valence-electron chi connectivity index (χ0n) is 7.97. The molecule has 2 heteroatoms. The minimum Gasteiger partial charge on any atom is -0.382 e. The van der Waals surface area contributed by atoms with Gasteiger partial charge in [-0.3, -0.25) is 0 Å². The van der Waals surface area contributed by atoms with Gasteiger partial charge in [-0.1, -0.05) is 29.8 Å². The van der Waals surface area contributed by atoms with Gasteiger partial charge in [0.15, 0.2) is 0 Å². The Morgan fingerprint density at radius 2 is 2.31 bits per heavy atom. The molecule has 0 aliphatic heterocycles. The van der Waals surface area contributed by atoms with Gasteiger partial charge in [0.2, 0.25) is 0 Å². The van der Waals surface area contributed by atoms with E-state index in [1.807, 2.05) is 25.1 Å². The summed E-state index contributed by atoms with van der Waals surface area (Å²) in [5, 5.41) is 4.08. The van der Waals surface area contributed by atoms with Gasteiger partial charge in [0.05, 0.1) is 0 Å². The molecule has 0 spiro atoms. The molecule has 0 aliphatic rings. The molecular weight excluding hydrogens is 182 g/mol. The van der Waals surface area contributed by atoms with Crippen LogP contribution in [-0.2, 0) is 0 Å². The van der Waals surface area contributed by atoms with E-state index in [0.717, 1.165) is 17.3 Å². The van der Waals surface area contributed by atoms with E-state index in [0.29, 0.717) is 0 Å². The van der Waals surface area contributed by atoms with Crippen molar-refractivity contribution in [3.05, 3.63) is 40.9 Å². The number of hydrogen-bond donors (Lipinski definition) is 1. The highest BCUT2D eigenvalue weighted by Crippen LogP contribution is 2.09. The predicted octanol–water partition coefficient (Wildman–Crippen LogP) is 3.55. The molecule has 0 bridgehead atoms. The highest BCUT2D eigenvalue weighted by molar-refractivity contribution is 6.29. The van der Waals surface area contributed by atoms with Gasteiger partial charge < -0.3 is 5.32 Å². The fourth-order valence-electron chi connectivity index (χ4n) is 1.06. The number of benzene rings is 1. The van der Waals surface area contributed by atoms with Gasteiger partial charge in [-0.2, -0.15) is 0 Å². The van der Waals surface area contributed by atoms with Crippen LogP contribution in [0, 0.1) is 6.92 Å². The predicted molar refractivity (Wildman–Crippen MR) is 59.3 cm³/mol. The first-order chi connectivity index (χ1) is 6.18. The maximum Gasteiger partial charge on any atom is 0.0345 e. The second-order valence-corrected chi connectivity index (χ2v) is 3.64. The van der Waals surface area contributed by atoms with Crippen molar-refractivity contribution in [1.29, 1.82) is 0 Å². The van der Waals surface area contributed by atoms with Crippen molar-refractivity contribution < 1.29 is 0 Å². The van der Waals surface area contributed by atoms with Crippen molar-refractivity contribution in [2.24, 2.45) is 0 Å². The Kier molecular flexibility index (Phi) is 3.84. The molecule has 1 aromatic carbocycles. The van der Waals surface area contributed by atoms with E-state index in [4.69, 9.17) is 11.6 Å². The van der Waals surface area contributed by atoms with Crippen LogP contribution in [0.5, 0.6) is 0 Å². The summed E-state index contributed by atoms with van der Waals surface area (Å²) >= 11 is 5.70. The Labute approximate surface area is 84.4 Å². The van der Waals surface area contributed by atoms with Crippen molar-refractivity contribution in [2.45, 2.75) is 13.8 Å². The van der Waals surface area contributed by atoms with Crippen molar-refractivity contribution >= 4 is 17.3 Å². The van der Waals surface area contributed by atoms with Gasteiger partial charge >= 0.3 is 0 Å². The Morgan fingerprint density at radius 3 is 2.92 bits per heavy atom. The summed E-state index contributed by atoms with van der Waals surface area (Å²) in [6.45, 7) is 4.73. The van der Waals surface area contributed by atoms with Crippen LogP contribution in [-0.4, -0.2) is 6.54 Å². The number of nitrogens with one attached hydrogen (secondary N) is 1. The SMILES string of the molecule is C/C(Cl)=C/CNc1cccc(C)c1. The molecule has 1 N–H and O–H groups in total. The lowest BCUT2D eigenvalue weighted by Gasteiger charge is -2.03. The normalized spacial score (nSPS) is 11.5. The molecule has 0 saturated heterocycles. The number of halogens is 1. The van der Waals surface area contributed by atoms with Crippen molar-refractivity contribution in [1.82, 2.24) is 0 Å². The summed E-state index contributed by atoms with van der Waals surface area (Å²) in [4.78, 5) is 0. The first kappa shape index (κ1) is 10.1. The Hall–Kier alpha value is -0.950. The average Bonchev–Trinajstić information content (AvgIpc) is 2.03. The molecule has 0 aliphatic carbocycles. The van der Waals surface area contributed by atoms with E-state index >= 15 is 0 Å². The molecule has 1 rings (SSSR count).